The predicted octanol–water partition coefficient (Wildman–Crippen LogP) is 1.73. The van der Waals surface area contributed by atoms with E-state index in [2.05, 4.69) is 5.10 Å². The number of aromatic nitrogens is 2. The lowest BCUT2D eigenvalue weighted by molar-refractivity contribution is 0.0999. The number of halogens is 1. The van der Waals surface area contributed by atoms with Gasteiger partial charge in [0, 0.05) is 5.69 Å². The first-order valence-corrected chi connectivity index (χ1v) is 5.12. The first-order valence-electron chi connectivity index (χ1n) is 5.12. The van der Waals surface area contributed by atoms with E-state index in [0.717, 1.165) is 17.5 Å². The van der Waals surface area contributed by atoms with Gasteiger partial charge < -0.3 is 5.73 Å². The van der Waals surface area contributed by atoms with Crippen LogP contribution in [-0.2, 0) is 0 Å². The lowest BCUT2D eigenvalue weighted by Gasteiger charge is -2.08. The molecule has 1 aromatic carbocycles. The monoisotopic (exact) mass is 233 g/mol. The molecule has 0 aliphatic heterocycles. The molecule has 2 N–H and O–H groups in total. The third kappa shape index (κ3) is 2.04. The normalized spacial score (nSPS) is 10.5. The Morgan fingerprint density at radius 2 is 2.06 bits per heavy atom. The van der Waals surface area contributed by atoms with Gasteiger partial charge in [0.2, 0.25) is 0 Å². The second kappa shape index (κ2) is 4.01. The van der Waals surface area contributed by atoms with Crippen molar-refractivity contribution in [3.8, 4) is 5.69 Å². The molecule has 1 amide bonds. The van der Waals surface area contributed by atoms with Gasteiger partial charge in [0.1, 0.15) is 5.82 Å². The molecule has 1 heterocycles. The second-order valence-corrected chi connectivity index (χ2v) is 3.86. The molecule has 0 saturated heterocycles. The second-order valence-electron chi connectivity index (χ2n) is 3.86. The third-order valence-corrected chi connectivity index (χ3v) is 2.46. The van der Waals surface area contributed by atoms with Crippen LogP contribution in [0.2, 0.25) is 0 Å². The Labute approximate surface area is 97.9 Å². The molecule has 0 saturated carbocycles. The van der Waals surface area contributed by atoms with Gasteiger partial charge in [-0.25, -0.2) is 9.07 Å². The lowest BCUT2D eigenvalue weighted by atomic mass is 10.1. The molecule has 0 bridgehead atoms. The molecule has 1 aromatic heterocycles. The summed E-state index contributed by atoms with van der Waals surface area (Å²) >= 11 is 0. The average Bonchev–Trinajstić information content (AvgIpc) is 2.57. The highest BCUT2D eigenvalue weighted by molar-refractivity contribution is 5.96. The molecule has 0 aliphatic rings. The molecule has 0 atom stereocenters. The molecule has 0 spiro atoms. The van der Waals surface area contributed by atoms with Crippen LogP contribution in [-0.4, -0.2) is 15.7 Å². The fourth-order valence-corrected chi connectivity index (χ4v) is 1.76. The van der Waals surface area contributed by atoms with Crippen molar-refractivity contribution in [2.24, 2.45) is 5.73 Å². The molecule has 0 unspecified atom stereocenters. The quantitative estimate of drug-likeness (QED) is 0.858. The molecule has 4 nitrogen and oxygen atoms in total. The standard InChI is InChI=1S/C12H12FN3O/c1-7-5-8(2)16(15-7)11-4-3-9(13)6-10(11)12(14)17/h3-6H,1-2H3,(H2,14,17). The minimum absolute atomic E-state index is 0.121. The Morgan fingerprint density at radius 3 is 2.59 bits per heavy atom. The molecule has 17 heavy (non-hydrogen) atoms. The van der Waals surface area contributed by atoms with Gasteiger partial charge in [-0.05, 0) is 38.1 Å². The first kappa shape index (κ1) is 11.3. The molecule has 0 aliphatic carbocycles. The van der Waals surface area contributed by atoms with Gasteiger partial charge in [-0.15, -0.1) is 0 Å². The fourth-order valence-electron chi connectivity index (χ4n) is 1.76. The summed E-state index contributed by atoms with van der Waals surface area (Å²) in [5.41, 5.74) is 7.52. The average molecular weight is 233 g/mol. The van der Waals surface area contributed by atoms with E-state index in [-0.39, 0.29) is 5.56 Å². The summed E-state index contributed by atoms with van der Waals surface area (Å²) in [5, 5.41) is 4.24. The van der Waals surface area contributed by atoms with Gasteiger partial charge in [-0.3, -0.25) is 4.79 Å². The summed E-state index contributed by atoms with van der Waals surface area (Å²) in [6.45, 7) is 3.70. The number of amides is 1. The maximum absolute atomic E-state index is 13.1. The maximum Gasteiger partial charge on any atom is 0.250 e. The molecular formula is C12H12FN3O. The van der Waals surface area contributed by atoms with Crippen molar-refractivity contribution in [3.05, 3.63) is 47.0 Å². The number of nitrogens with two attached hydrogens (primary N) is 1. The predicted molar refractivity (Wildman–Crippen MR) is 61.5 cm³/mol. The Balaban J connectivity index is 2.67. The number of nitrogens with zero attached hydrogens (tertiary/aromatic N) is 2. The van der Waals surface area contributed by atoms with Crippen molar-refractivity contribution in [3.63, 3.8) is 0 Å². The van der Waals surface area contributed by atoms with E-state index in [4.69, 9.17) is 5.73 Å². The third-order valence-electron chi connectivity index (χ3n) is 2.46. The van der Waals surface area contributed by atoms with Crippen LogP contribution in [0.3, 0.4) is 0 Å². The molecule has 2 aromatic rings. The van der Waals surface area contributed by atoms with Crippen molar-refractivity contribution >= 4 is 5.91 Å². The summed E-state index contributed by atoms with van der Waals surface area (Å²) in [7, 11) is 0. The topological polar surface area (TPSA) is 60.9 Å². The molecule has 5 heteroatoms. The van der Waals surface area contributed by atoms with E-state index in [1.54, 1.807) is 4.68 Å². The Hall–Kier alpha value is -2.17. The van der Waals surface area contributed by atoms with Crippen molar-refractivity contribution < 1.29 is 9.18 Å². The van der Waals surface area contributed by atoms with Crippen LogP contribution in [0.15, 0.2) is 24.3 Å². The zero-order valence-corrected chi connectivity index (χ0v) is 9.57. The summed E-state index contributed by atoms with van der Waals surface area (Å²) in [5.74, 6) is -1.17. The van der Waals surface area contributed by atoms with E-state index in [0.29, 0.717) is 5.69 Å². The number of rotatable bonds is 2. The van der Waals surface area contributed by atoms with E-state index in [9.17, 15) is 9.18 Å². The minimum atomic E-state index is -0.674. The van der Waals surface area contributed by atoms with Gasteiger partial charge in [-0.2, -0.15) is 5.10 Å². The summed E-state index contributed by atoms with van der Waals surface area (Å²) < 4.78 is 14.7. The zero-order chi connectivity index (χ0) is 12.6. The van der Waals surface area contributed by atoms with E-state index >= 15 is 0 Å². The summed E-state index contributed by atoms with van der Waals surface area (Å²) in [6.07, 6.45) is 0. The number of aryl methyl sites for hydroxylation is 2. The minimum Gasteiger partial charge on any atom is -0.366 e. The van der Waals surface area contributed by atoms with Gasteiger partial charge in [0.25, 0.3) is 5.91 Å². The Morgan fingerprint density at radius 1 is 1.35 bits per heavy atom. The fraction of sp³-hybridized carbons (Fsp3) is 0.167. The zero-order valence-electron chi connectivity index (χ0n) is 9.57. The number of hydrogen-bond acceptors (Lipinski definition) is 2. The molecular weight excluding hydrogens is 221 g/mol. The van der Waals surface area contributed by atoms with Crippen LogP contribution in [0, 0.1) is 19.7 Å². The van der Waals surface area contributed by atoms with Gasteiger partial charge >= 0.3 is 0 Å². The smallest absolute Gasteiger partial charge is 0.250 e. The van der Waals surface area contributed by atoms with Crippen LogP contribution in [0.5, 0.6) is 0 Å². The highest BCUT2D eigenvalue weighted by Crippen LogP contribution is 2.17. The van der Waals surface area contributed by atoms with Crippen LogP contribution in [0.25, 0.3) is 5.69 Å². The van der Waals surface area contributed by atoms with Gasteiger partial charge in [0.15, 0.2) is 0 Å². The van der Waals surface area contributed by atoms with Crippen molar-refractivity contribution in [2.45, 2.75) is 13.8 Å². The Bertz CT molecular complexity index is 589. The Kier molecular flexibility index (Phi) is 2.67. The molecule has 2 rings (SSSR count). The number of carbonyl (C=O) groups excluding carboxylic acids is 1. The summed E-state index contributed by atoms with van der Waals surface area (Å²) in [6, 6.07) is 5.76. The van der Waals surface area contributed by atoms with Crippen molar-refractivity contribution in [1.29, 1.82) is 0 Å². The van der Waals surface area contributed by atoms with Gasteiger partial charge in [0.05, 0.1) is 16.9 Å². The van der Waals surface area contributed by atoms with Gasteiger partial charge in [-0.1, -0.05) is 0 Å². The number of carbonyl (C=O) groups is 1. The largest absolute Gasteiger partial charge is 0.366 e. The molecule has 88 valence electrons. The SMILES string of the molecule is Cc1cc(C)n(-c2ccc(F)cc2C(N)=O)n1. The van der Waals surface area contributed by atoms with E-state index in [1.165, 1.54) is 12.1 Å². The van der Waals surface area contributed by atoms with E-state index in [1.807, 2.05) is 19.9 Å². The van der Waals surface area contributed by atoms with Crippen LogP contribution in [0.1, 0.15) is 21.7 Å². The first-order chi connectivity index (χ1) is 7.99. The van der Waals surface area contributed by atoms with Crippen molar-refractivity contribution in [1.82, 2.24) is 9.78 Å². The summed E-state index contributed by atoms with van der Waals surface area (Å²) in [4.78, 5) is 11.3. The van der Waals surface area contributed by atoms with E-state index < -0.39 is 11.7 Å². The number of benzene rings is 1. The van der Waals surface area contributed by atoms with Crippen LogP contribution in [0.4, 0.5) is 4.39 Å². The highest BCUT2D eigenvalue weighted by atomic mass is 19.1. The lowest BCUT2D eigenvalue weighted by Crippen LogP contribution is -2.16. The highest BCUT2D eigenvalue weighted by Gasteiger charge is 2.13. The molecule has 0 radical (unpaired) electrons. The maximum atomic E-state index is 13.1. The van der Waals surface area contributed by atoms with Crippen molar-refractivity contribution in [2.75, 3.05) is 0 Å². The van der Waals surface area contributed by atoms with Crippen LogP contribution >= 0.6 is 0 Å². The molecule has 0 fully saturated rings. The number of hydrogen-bond donors (Lipinski definition) is 1. The number of primary amides is 1. The van der Waals surface area contributed by atoms with Crippen LogP contribution < -0.4 is 5.73 Å².